The second-order valence-corrected chi connectivity index (χ2v) is 10.3. The Kier molecular flexibility index (Phi) is 5.37. The molecule has 0 aliphatic rings. The zero-order valence-electron chi connectivity index (χ0n) is 13.3. The van der Waals surface area contributed by atoms with E-state index in [1.165, 1.54) is 21.0 Å². The number of benzene rings is 2. The second-order valence-electron chi connectivity index (χ2n) is 5.10. The van der Waals surface area contributed by atoms with Gasteiger partial charge in [0.15, 0.2) is 0 Å². The summed E-state index contributed by atoms with van der Waals surface area (Å²) in [6, 6.07) is 16.7. The van der Waals surface area contributed by atoms with Crippen LogP contribution in [-0.4, -0.2) is 25.0 Å². The summed E-state index contributed by atoms with van der Waals surface area (Å²) in [6.45, 7) is 4.96. The van der Waals surface area contributed by atoms with Crippen molar-refractivity contribution in [1.82, 2.24) is 4.98 Å². The number of aryl methyl sites for hydroxylation is 1. The number of rotatable bonds is 5. The Labute approximate surface area is 149 Å². The fraction of sp³-hybridized carbons (Fsp3) is 0.211. The molecular weight excluding hydrogens is 417 g/mol. The Hall–Kier alpha value is -1.35. The number of nitrogens with zero attached hydrogens (tertiary/aromatic N) is 1. The van der Waals surface area contributed by atoms with Crippen molar-refractivity contribution in [2.45, 2.75) is 19.2 Å². The Morgan fingerprint density at radius 3 is 2.22 bits per heavy atom. The van der Waals surface area contributed by atoms with Crippen molar-refractivity contribution in [2.24, 2.45) is 0 Å². The first-order valence-electron chi connectivity index (χ1n) is 7.70. The molecule has 0 radical (unpaired) electrons. The molecule has 3 rings (SSSR count). The van der Waals surface area contributed by atoms with Gasteiger partial charge in [0.25, 0.3) is 0 Å². The van der Waals surface area contributed by atoms with Crippen LogP contribution in [0.5, 0.6) is 5.75 Å². The second kappa shape index (κ2) is 7.48. The van der Waals surface area contributed by atoms with E-state index >= 15 is 0 Å². The molecule has 1 unspecified atom stereocenters. The van der Waals surface area contributed by atoms with Crippen LogP contribution in [0.3, 0.4) is 0 Å². The molecule has 118 valence electrons. The Bertz CT molecular complexity index is 778. The Morgan fingerprint density at radius 1 is 0.957 bits per heavy atom. The van der Waals surface area contributed by atoms with Gasteiger partial charge in [0.05, 0.1) is 0 Å². The molecule has 0 aliphatic carbocycles. The topological polar surface area (TPSA) is 22.1 Å². The van der Waals surface area contributed by atoms with Gasteiger partial charge in [-0.1, -0.05) is 0 Å². The van der Waals surface area contributed by atoms with Crippen LogP contribution in [0.4, 0.5) is 0 Å². The maximum absolute atomic E-state index is 5.53. The van der Waals surface area contributed by atoms with Crippen LogP contribution < -0.4 is 4.74 Å². The molecule has 4 heteroatoms. The van der Waals surface area contributed by atoms with Crippen LogP contribution >= 0.6 is 15.9 Å². The van der Waals surface area contributed by atoms with Gasteiger partial charge in [0.2, 0.25) is 0 Å². The first kappa shape index (κ1) is 16.5. The van der Waals surface area contributed by atoms with Gasteiger partial charge >= 0.3 is 150 Å². The molecule has 1 aromatic heterocycles. The molecule has 0 fully saturated rings. The SMILES string of the molecule is CCOc1ccc(-c2nc(-c3ccc(Br)cc3)c[se+]2CC)cc1. The zero-order chi connectivity index (χ0) is 16.2. The van der Waals surface area contributed by atoms with Gasteiger partial charge in [-0.15, -0.1) is 0 Å². The van der Waals surface area contributed by atoms with Crippen molar-refractivity contribution < 1.29 is 4.74 Å². The number of ether oxygens (including phenoxy) is 1. The van der Waals surface area contributed by atoms with Gasteiger partial charge in [-0.05, 0) is 0 Å². The molecule has 0 amide bonds. The van der Waals surface area contributed by atoms with Crippen LogP contribution in [0.2, 0.25) is 0 Å². The Balaban J connectivity index is 1.97. The van der Waals surface area contributed by atoms with Crippen LogP contribution in [-0.2, 0) is 5.32 Å². The van der Waals surface area contributed by atoms with Gasteiger partial charge in [-0.2, -0.15) is 0 Å². The average molecular weight is 436 g/mol. The van der Waals surface area contributed by atoms with E-state index in [1.54, 1.807) is 0 Å². The summed E-state index contributed by atoms with van der Waals surface area (Å²) in [4.78, 5) is 7.36. The minimum atomic E-state index is -0.988. The third-order valence-electron chi connectivity index (χ3n) is 3.59. The van der Waals surface area contributed by atoms with Crippen molar-refractivity contribution in [3.05, 3.63) is 57.9 Å². The van der Waals surface area contributed by atoms with Crippen LogP contribution in [0.25, 0.3) is 21.4 Å². The number of hydrogen-bond donors (Lipinski definition) is 0. The molecule has 3 aromatic rings. The van der Waals surface area contributed by atoms with Gasteiger partial charge in [-0.3, -0.25) is 0 Å². The summed E-state index contributed by atoms with van der Waals surface area (Å²) in [7, 11) is 0. The van der Waals surface area contributed by atoms with Gasteiger partial charge in [0, 0.05) is 0 Å². The van der Waals surface area contributed by atoms with Gasteiger partial charge in [-0.25, -0.2) is 0 Å². The number of halogens is 1. The number of hydrogen-bond acceptors (Lipinski definition) is 2. The first-order chi connectivity index (χ1) is 11.2. The van der Waals surface area contributed by atoms with E-state index in [-0.39, 0.29) is 0 Å². The molecule has 0 bridgehead atoms. The van der Waals surface area contributed by atoms with Crippen molar-refractivity contribution in [1.29, 1.82) is 0 Å². The molecule has 2 aromatic carbocycles. The monoisotopic (exact) mass is 436 g/mol. The molecule has 2 nitrogen and oxygen atoms in total. The third kappa shape index (κ3) is 3.77. The molecule has 1 heterocycles. The van der Waals surface area contributed by atoms with Crippen molar-refractivity contribution >= 4 is 29.4 Å². The summed E-state index contributed by atoms with van der Waals surface area (Å²) in [6.07, 6.45) is 0. The molecule has 0 saturated heterocycles. The molecular formula is C19H19BrNOSe+. The molecule has 1 atom stereocenters. The van der Waals surface area contributed by atoms with E-state index in [0.29, 0.717) is 6.61 Å². The van der Waals surface area contributed by atoms with Gasteiger partial charge in [0.1, 0.15) is 0 Å². The maximum atomic E-state index is 5.53. The van der Waals surface area contributed by atoms with Crippen LogP contribution in [0, 0.1) is 0 Å². The third-order valence-corrected chi connectivity index (χ3v) is 8.21. The van der Waals surface area contributed by atoms with E-state index in [1.807, 2.05) is 19.1 Å². The van der Waals surface area contributed by atoms with E-state index in [2.05, 4.69) is 64.2 Å². The summed E-state index contributed by atoms with van der Waals surface area (Å²) in [5, 5.41) is 1.17. The fourth-order valence-corrected chi connectivity index (χ4v) is 6.19. The predicted octanol–water partition coefficient (Wildman–Crippen LogP) is 5.34. The van der Waals surface area contributed by atoms with Gasteiger partial charge < -0.3 is 0 Å². The quantitative estimate of drug-likeness (QED) is 0.504. The van der Waals surface area contributed by atoms with Crippen LogP contribution in [0.1, 0.15) is 13.8 Å². The summed E-state index contributed by atoms with van der Waals surface area (Å²) < 4.78 is 7.90. The van der Waals surface area contributed by atoms with E-state index < -0.39 is 13.4 Å². The van der Waals surface area contributed by atoms with Crippen molar-refractivity contribution in [3.8, 4) is 27.1 Å². The van der Waals surface area contributed by atoms with E-state index in [4.69, 9.17) is 9.72 Å². The first-order valence-corrected chi connectivity index (χ1v) is 11.6. The van der Waals surface area contributed by atoms with E-state index in [9.17, 15) is 0 Å². The summed E-state index contributed by atoms with van der Waals surface area (Å²) >= 11 is 2.50. The average Bonchev–Trinajstić information content (AvgIpc) is 3.01. The van der Waals surface area contributed by atoms with Crippen LogP contribution in [0.15, 0.2) is 57.9 Å². The van der Waals surface area contributed by atoms with E-state index in [0.717, 1.165) is 15.9 Å². The molecule has 0 saturated carbocycles. The zero-order valence-corrected chi connectivity index (χ0v) is 16.6. The molecule has 0 N–H and O–H groups in total. The summed E-state index contributed by atoms with van der Waals surface area (Å²) in [5.41, 5.74) is 3.54. The number of aromatic nitrogens is 1. The molecule has 23 heavy (non-hydrogen) atoms. The standard InChI is InChI=1S/C19H19BrNOSe/c1-3-22-17-11-7-15(8-12-17)19-21-18(13-23(19)4-2)14-5-9-16(20)10-6-14/h5-13H,3-4H2,1-2H3/q+1. The summed E-state index contributed by atoms with van der Waals surface area (Å²) in [5.74, 6) is 0.920. The predicted molar refractivity (Wildman–Crippen MR) is 101 cm³/mol. The molecule has 0 spiro atoms. The van der Waals surface area contributed by atoms with Crippen molar-refractivity contribution in [3.63, 3.8) is 0 Å². The Morgan fingerprint density at radius 2 is 1.61 bits per heavy atom. The minimum absolute atomic E-state index is 0.695. The normalized spacial score (nSPS) is 11.5. The fourth-order valence-electron chi connectivity index (χ4n) is 2.43. The van der Waals surface area contributed by atoms with Crippen molar-refractivity contribution in [2.75, 3.05) is 6.61 Å². The molecule has 0 aliphatic heterocycles.